The number of piperidine rings is 1. The monoisotopic (exact) mass is 300 g/mol. The molecule has 1 atom stereocenters. The number of hydrogen-bond acceptors (Lipinski definition) is 1. The minimum absolute atomic E-state index is 0.110. The van der Waals surface area contributed by atoms with Gasteiger partial charge in [0, 0.05) is 18.3 Å². The zero-order chi connectivity index (χ0) is 13.8. The van der Waals surface area contributed by atoms with Gasteiger partial charge >= 0.3 is 0 Å². The summed E-state index contributed by atoms with van der Waals surface area (Å²) in [7, 11) is 0. The van der Waals surface area contributed by atoms with E-state index in [1.807, 2.05) is 0 Å². The van der Waals surface area contributed by atoms with Gasteiger partial charge in [0.2, 0.25) is 0 Å². The molecule has 1 N–H and O–H groups in total. The van der Waals surface area contributed by atoms with Gasteiger partial charge in [0.1, 0.15) is 5.82 Å². The Kier molecular flexibility index (Phi) is 4.99. The molecule has 2 nitrogen and oxygen atoms in total. The third kappa shape index (κ3) is 3.57. The quantitative estimate of drug-likeness (QED) is 0.813. The Morgan fingerprint density at radius 3 is 3.00 bits per heavy atom. The van der Waals surface area contributed by atoms with Gasteiger partial charge in [-0.2, -0.15) is 0 Å². The smallest absolute Gasteiger partial charge is 0.173 e. The van der Waals surface area contributed by atoms with E-state index < -0.39 is 5.82 Å². The molecule has 5 heteroatoms. The van der Waals surface area contributed by atoms with Crippen molar-refractivity contribution in [2.75, 3.05) is 11.9 Å². The second-order valence-corrected chi connectivity index (χ2v) is 5.60. The number of anilines is 1. The van der Waals surface area contributed by atoms with E-state index in [1.54, 1.807) is 12.1 Å². The predicted molar refractivity (Wildman–Crippen MR) is 82.3 cm³/mol. The Morgan fingerprint density at radius 2 is 2.32 bits per heavy atom. The molecule has 1 heterocycles. The molecule has 0 aromatic heterocycles. The van der Waals surface area contributed by atoms with E-state index in [-0.39, 0.29) is 5.02 Å². The molecule has 1 aromatic carbocycles. The van der Waals surface area contributed by atoms with Gasteiger partial charge in [0.25, 0.3) is 0 Å². The van der Waals surface area contributed by atoms with E-state index in [0.29, 0.717) is 11.2 Å². The Labute approximate surface area is 123 Å². The molecule has 0 radical (unpaired) electrons. The van der Waals surface area contributed by atoms with Crippen LogP contribution in [-0.4, -0.2) is 22.6 Å². The van der Waals surface area contributed by atoms with Gasteiger partial charge < -0.3 is 10.2 Å². The van der Waals surface area contributed by atoms with Gasteiger partial charge in [-0.05, 0) is 56.1 Å². The van der Waals surface area contributed by atoms with Crippen molar-refractivity contribution in [2.45, 2.75) is 38.6 Å². The van der Waals surface area contributed by atoms with Crippen LogP contribution in [0.3, 0.4) is 0 Å². The second kappa shape index (κ2) is 6.53. The van der Waals surface area contributed by atoms with Crippen LogP contribution in [0.25, 0.3) is 0 Å². The molecule has 0 bridgehead atoms. The molecule has 1 fully saturated rings. The molecule has 1 unspecified atom stereocenters. The summed E-state index contributed by atoms with van der Waals surface area (Å²) in [4.78, 5) is 2.23. The minimum Gasteiger partial charge on any atom is -0.346 e. The molecule has 0 amide bonds. The maximum absolute atomic E-state index is 13.1. The van der Waals surface area contributed by atoms with Crippen LogP contribution in [0.1, 0.15) is 32.6 Å². The third-order valence-electron chi connectivity index (χ3n) is 3.53. The van der Waals surface area contributed by atoms with E-state index in [0.717, 1.165) is 18.7 Å². The van der Waals surface area contributed by atoms with Crippen molar-refractivity contribution in [3.05, 3.63) is 29.0 Å². The second-order valence-electron chi connectivity index (χ2n) is 4.81. The summed E-state index contributed by atoms with van der Waals surface area (Å²) in [5.74, 6) is -0.414. The van der Waals surface area contributed by atoms with Crippen molar-refractivity contribution in [2.24, 2.45) is 0 Å². The molecule has 0 spiro atoms. The van der Waals surface area contributed by atoms with Gasteiger partial charge in [-0.15, -0.1) is 0 Å². The van der Waals surface area contributed by atoms with Crippen LogP contribution in [0, 0.1) is 5.82 Å². The van der Waals surface area contributed by atoms with Crippen LogP contribution < -0.4 is 5.32 Å². The van der Waals surface area contributed by atoms with Crippen molar-refractivity contribution < 1.29 is 4.39 Å². The summed E-state index contributed by atoms with van der Waals surface area (Å²) in [5.41, 5.74) is 0.733. The highest BCUT2D eigenvalue weighted by atomic mass is 35.5. The van der Waals surface area contributed by atoms with E-state index >= 15 is 0 Å². The lowest BCUT2D eigenvalue weighted by Crippen LogP contribution is -2.45. The Bertz CT molecular complexity index is 467. The zero-order valence-corrected chi connectivity index (χ0v) is 12.5. The van der Waals surface area contributed by atoms with Crippen LogP contribution in [0.5, 0.6) is 0 Å². The summed E-state index contributed by atoms with van der Waals surface area (Å²) in [6, 6.07) is 5.07. The Morgan fingerprint density at radius 1 is 1.53 bits per heavy atom. The first-order valence-corrected chi connectivity index (χ1v) is 7.43. The van der Waals surface area contributed by atoms with Gasteiger partial charge in [-0.25, -0.2) is 4.39 Å². The van der Waals surface area contributed by atoms with Crippen LogP contribution in [0.15, 0.2) is 18.2 Å². The SMILES string of the molecule is CCC1CCCCN1C(=S)Nc1ccc(F)c(Cl)c1. The van der Waals surface area contributed by atoms with Crippen molar-refractivity contribution in [3.8, 4) is 0 Å². The maximum Gasteiger partial charge on any atom is 0.173 e. The number of thiocarbonyl (C=S) groups is 1. The van der Waals surface area contributed by atoms with E-state index in [1.165, 1.54) is 25.3 Å². The van der Waals surface area contributed by atoms with Crippen molar-refractivity contribution in [3.63, 3.8) is 0 Å². The molecule has 1 saturated heterocycles. The van der Waals surface area contributed by atoms with Gasteiger partial charge in [-0.3, -0.25) is 0 Å². The van der Waals surface area contributed by atoms with Crippen molar-refractivity contribution in [1.82, 2.24) is 4.90 Å². The largest absolute Gasteiger partial charge is 0.346 e. The first kappa shape index (κ1) is 14.5. The van der Waals surface area contributed by atoms with Crippen molar-refractivity contribution >= 4 is 34.6 Å². The van der Waals surface area contributed by atoms with Gasteiger partial charge in [-0.1, -0.05) is 18.5 Å². The average Bonchev–Trinajstić information content (AvgIpc) is 2.43. The van der Waals surface area contributed by atoms with Gasteiger partial charge in [0.05, 0.1) is 5.02 Å². The topological polar surface area (TPSA) is 15.3 Å². The molecule has 104 valence electrons. The summed E-state index contributed by atoms with van der Waals surface area (Å²) in [5, 5.41) is 3.96. The fourth-order valence-electron chi connectivity index (χ4n) is 2.46. The highest BCUT2D eigenvalue weighted by Gasteiger charge is 2.22. The normalized spacial score (nSPS) is 19.3. The lowest BCUT2D eigenvalue weighted by molar-refractivity contribution is 0.239. The molecular weight excluding hydrogens is 283 g/mol. The Hall–Kier alpha value is -0.870. The van der Waals surface area contributed by atoms with E-state index in [9.17, 15) is 4.39 Å². The minimum atomic E-state index is -0.414. The van der Waals surface area contributed by atoms with E-state index in [4.69, 9.17) is 23.8 Å². The number of hydrogen-bond donors (Lipinski definition) is 1. The summed E-state index contributed by atoms with van der Waals surface area (Å²) in [6.07, 6.45) is 4.71. The molecule has 19 heavy (non-hydrogen) atoms. The third-order valence-corrected chi connectivity index (χ3v) is 4.16. The molecule has 0 saturated carbocycles. The van der Waals surface area contributed by atoms with Crippen LogP contribution in [-0.2, 0) is 0 Å². The fourth-order valence-corrected chi connectivity index (χ4v) is 3.00. The number of likely N-dealkylation sites (tertiary alicyclic amines) is 1. The lowest BCUT2D eigenvalue weighted by Gasteiger charge is -2.37. The summed E-state index contributed by atoms with van der Waals surface area (Å²) >= 11 is 11.2. The molecular formula is C14H18ClFN2S. The van der Waals surface area contributed by atoms with Crippen LogP contribution >= 0.6 is 23.8 Å². The van der Waals surface area contributed by atoms with E-state index in [2.05, 4.69) is 17.1 Å². The molecule has 1 aliphatic heterocycles. The van der Waals surface area contributed by atoms with Gasteiger partial charge in [0.15, 0.2) is 5.11 Å². The lowest BCUT2D eigenvalue weighted by atomic mass is 10.0. The molecule has 0 aliphatic carbocycles. The average molecular weight is 301 g/mol. The fraction of sp³-hybridized carbons (Fsp3) is 0.500. The molecule has 1 aromatic rings. The zero-order valence-electron chi connectivity index (χ0n) is 11.0. The number of rotatable bonds is 2. The summed E-state index contributed by atoms with van der Waals surface area (Å²) < 4.78 is 13.1. The molecule has 1 aliphatic rings. The predicted octanol–water partition coefficient (Wildman–Crippen LogP) is 4.44. The number of nitrogens with zero attached hydrogens (tertiary/aromatic N) is 1. The number of benzene rings is 1. The standard InChI is InChI=1S/C14H18ClFN2S/c1-2-11-5-3-4-8-18(11)14(19)17-10-6-7-13(16)12(15)9-10/h6-7,9,11H,2-5,8H2,1H3,(H,17,19). The maximum atomic E-state index is 13.1. The number of nitrogens with one attached hydrogen (secondary N) is 1. The number of halogens is 2. The summed E-state index contributed by atoms with van der Waals surface area (Å²) in [6.45, 7) is 3.17. The van der Waals surface area contributed by atoms with Crippen LogP contribution in [0.4, 0.5) is 10.1 Å². The first-order chi connectivity index (χ1) is 9.11. The van der Waals surface area contributed by atoms with Crippen LogP contribution in [0.2, 0.25) is 5.02 Å². The first-order valence-electron chi connectivity index (χ1n) is 6.64. The highest BCUT2D eigenvalue weighted by Crippen LogP contribution is 2.23. The Balaban J connectivity index is 2.05. The molecule has 2 rings (SSSR count). The highest BCUT2D eigenvalue weighted by molar-refractivity contribution is 7.80. The van der Waals surface area contributed by atoms with Crippen molar-refractivity contribution in [1.29, 1.82) is 0 Å².